The van der Waals surface area contributed by atoms with Gasteiger partial charge in [0.15, 0.2) is 0 Å². The highest BCUT2D eigenvalue weighted by molar-refractivity contribution is 9.09. The topological polar surface area (TPSA) is 37.4 Å². The van der Waals surface area contributed by atoms with Gasteiger partial charge in [0.2, 0.25) is 10.0 Å². The summed E-state index contributed by atoms with van der Waals surface area (Å²) >= 11 is 3.34. The first-order valence-corrected chi connectivity index (χ1v) is 8.80. The van der Waals surface area contributed by atoms with Gasteiger partial charge in [0.1, 0.15) is 0 Å². The monoisotopic (exact) mass is 311 g/mol. The van der Waals surface area contributed by atoms with E-state index in [2.05, 4.69) is 22.9 Å². The largest absolute Gasteiger partial charge is 0.217 e. The molecule has 1 rings (SSSR count). The van der Waals surface area contributed by atoms with Gasteiger partial charge in [0, 0.05) is 18.4 Å². The molecule has 0 atom stereocenters. The molecule has 0 N–H and O–H groups in total. The van der Waals surface area contributed by atoms with Gasteiger partial charge in [-0.25, -0.2) is 12.7 Å². The van der Waals surface area contributed by atoms with Crippen molar-refractivity contribution in [3.05, 3.63) is 0 Å². The molecule has 0 aromatic rings. The first-order chi connectivity index (χ1) is 7.62. The second-order valence-electron chi connectivity index (χ2n) is 4.39. The summed E-state index contributed by atoms with van der Waals surface area (Å²) in [6, 6.07) is 0. The van der Waals surface area contributed by atoms with Crippen LogP contribution < -0.4 is 0 Å². The lowest BCUT2D eigenvalue weighted by molar-refractivity contribution is 0.413. The molecule has 0 aromatic carbocycles. The van der Waals surface area contributed by atoms with E-state index in [1.54, 1.807) is 4.31 Å². The Kier molecular flexibility index (Phi) is 6.29. The third-order valence-corrected chi connectivity index (χ3v) is 5.93. The second-order valence-corrected chi connectivity index (χ2v) is 7.40. The maximum atomic E-state index is 12.3. The quantitative estimate of drug-likeness (QED) is 0.678. The van der Waals surface area contributed by atoms with Gasteiger partial charge in [-0.3, -0.25) is 0 Å². The Morgan fingerprint density at radius 3 is 2.38 bits per heavy atom. The van der Waals surface area contributed by atoms with Gasteiger partial charge in [-0.05, 0) is 19.3 Å². The van der Waals surface area contributed by atoms with Crippen molar-refractivity contribution in [2.24, 2.45) is 0 Å². The Labute approximate surface area is 108 Å². The Bertz CT molecular complexity index is 286. The highest BCUT2D eigenvalue weighted by Gasteiger charge is 2.33. The van der Waals surface area contributed by atoms with Crippen LogP contribution in [-0.4, -0.2) is 36.4 Å². The van der Waals surface area contributed by atoms with Crippen molar-refractivity contribution in [1.29, 1.82) is 0 Å². The normalized spacial score (nSPS) is 18.4. The summed E-state index contributed by atoms with van der Waals surface area (Å²) in [5.74, 6) is 0. The van der Waals surface area contributed by atoms with Gasteiger partial charge in [-0.15, -0.1) is 0 Å². The number of nitrogens with zero attached hydrogens (tertiary/aromatic N) is 1. The van der Waals surface area contributed by atoms with Gasteiger partial charge in [0.05, 0.1) is 5.25 Å². The number of hydrogen-bond acceptors (Lipinski definition) is 2. The van der Waals surface area contributed by atoms with Crippen molar-refractivity contribution in [3.63, 3.8) is 0 Å². The summed E-state index contributed by atoms with van der Waals surface area (Å²) in [7, 11) is -3.03. The molecule has 0 heterocycles. The van der Waals surface area contributed by atoms with E-state index in [1.807, 2.05) is 0 Å². The summed E-state index contributed by atoms with van der Waals surface area (Å²) in [5.41, 5.74) is 0. The van der Waals surface area contributed by atoms with Crippen LogP contribution in [0.1, 0.15) is 45.4 Å². The molecule has 0 bridgehead atoms. The Hall–Kier alpha value is 0.390. The minimum Gasteiger partial charge on any atom is -0.212 e. The predicted molar refractivity (Wildman–Crippen MR) is 71.5 cm³/mol. The van der Waals surface area contributed by atoms with Crippen LogP contribution in [0.2, 0.25) is 0 Å². The van der Waals surface area contributed by atoms with Gasteiger partial charge < -0.3 is 0 Å². The van der Waals surface area contributed by atoms with Crippen LogP contribution in [0.15, 0.2) is 0 Å². The molecule has 0 spiro atoms. The van der Waals surface area contributed by atoms with E-state index < -0.39 is 10.0 Å². The lowest BCUT2D eigenvalue weighted by Crippen LogP contribution is -2.39. The van der Waals surface area contributed by atoms with Crippen molar-refractivity contribution in [2.45, 2.75) is 50.7 Å². The van der Waals surface area contributed by atoms with Crippen LogP contribution >= 0.6 is 15.9 Å². The fourth-order valence-electron chi connectivity index (χ4n) is 2.19. The number of rotatable bonds is 7. The molecular formula is C11H22BrNO2S. The molecule has 0 aliphatic heterocycles. The molecule has 16 heavy (non-hydrogen) atoms. The van der Waals surface area contributed by atoms with Crippen LogP contribution in [0.4, 0.5) is 0 Å². The van der Waals surface area contributed by atoms with E-state index in [4.69, 9.17) is 0 Å². The SMILES string of the molecule is CCCCN(CCBr)S(=O)(=O)C1CCCC1. The van der Waals surface area contributed by atoms with Crippen LogP contribution in [0.5, 0.6) is 0 Å². The van der Waals surface area contributed by atoms with E-state index >= 15 is 0 Å². The van der Waals surface area contributed by atoms with Crippen molar-refractivity contribution in [3.8, 4) is 0 Å². The minimum absolute atomic E-state index is 0.108. The molecule has 0 saturated heterocycles. The van der Waals surface area contributed by atoms with Gasteiger partial charge in [-0.2, -0.15) is 0 Å². The first kappa shape index (κ1) is 14.5. The highest BCUT2D eigenvalue weighted by Crippen LogP contribution is 2.27. The summed E-state index contributed by atoms with van der Waals surface area (Å²) < 4.78 is 26.3. The molecule has 1 aliphatic rings. The molecule has 1 saturated carbocycles. The van der Waals surface area contributed by atoms with E-state index in [0.29, 0.717) is 13.1 Å². The standard InChI is InChI=1S/C11H22BrNO2S/c1-2-3-9-13(10-8-12)16(14,15)11-6-4-5-7-11/h11H,2-10H2,1H3. The maximum absolute atomic E-state index is 12.3. The summed E-state index contributed by atoms with van der Waals surface area (Å²) in [6.45, 7) is 3.38. The first-order valence-electron chi connectivity index (χ1n) is 6.17. The fraction of sp³-hybridized carbons (Fsp3) is 1.00. The predicted octanol–water partition coefficient (Wildman–Crippen LogP) is 2.76. The third-order valence-electron chi connectivity index (χ3n) is 3.18. The van der Waals surface area contributed by atoms with Gasteiger partial charge in [0.25, 0.3) is 0 Å². The number of halogens is 1. The number of alkyl halides is 1. The highest BCUT2D eigenvalue weighted by atomic mass is 79.9. The molecule has 0 unspecified atom stereocenters. The zero-order valence-electron chi connectivity index (χ0n) is 9.99. The zero-order valence-corrected chi connectivity index (χ0v) is 12.4. The molecule has 3 nitrogen and oxygen atoms in total. The third kappa shape index (κ3) is 3.70. The maximum Gasteiger partial charge on any atom is 0.217 e. The van der Waals surface area contributed by atoms with E-state index in [1.165, 1.54) is 0 Å². The second kappa shape index (κ2) is 6.97. The summed E-state index contributed by atoms with van der Waals surface area (Å²) in [6.07, 6.45) is 5.85. The summed E-state index contributed by atoms with van der Waals surface area (Å²) in [5, 5.41) is 0.617. The van der Waals surface area contributed by atoms with Crippen molar-refractivity contribution < 1.29 is 8.42 Å². The van der Waals surface area contributed by atoms with Gasteiger partial charge in [-0.1, -0.05) is 42.1 Å². The number of sulfonamides is 1. The number of unbranched alkanes of at least 4 members (excludes halogenated alkanes) is 1. The average molecular weight is 312 g/mol. The van der Waals surface area contributed by atoms with Crippen LogP contribution in [-0.2, 0) is 10.0 Å². The van der Waals surface area contributed by atoms with Crippen molar-refractivity contribution in [1.82, 2.24) is 4.31 Å². The molecule has 0 amide bonds. The Morgan fingerprint density at radius 1 is 1.25 bits per heavy atom. The minimum atomic E-state index is -3.03. The molecular weight excluding hydrogens is 290 g/mol. The smallest absolute Gasteiger partial charge is 0.212 e. The van der Waals surface area contributed by atoms with Crippen molar-refractivity contribution in [2.75, 3.05) is 18.4 Å². The Balaban J connectivity index is 2.66. The fourth-order valence-corrected chi connectivity index (χ4v) is 4.93. The Morgan fingerprint density at radius 2 is 1.88 bits per heavy atom. The van der Waals surface area contributed by atoms with Gasteiger partial charge >= 0.3 is 0 Å². The number of hydrogen-bond donors (Lipinski definition) is 0. The summed E-state index contributed by atoms with van der Waals surface area (Å²) in [4.78, 5) is 0. The lowest BCUT2D eigenvalue weighted by atomic mass is 10.3. The van der Waals surface area contributed by atoms with E-state index in [-0.39, 0.29) is 5.25 Å². The molecule has 1 fully saturated rings. The van der Waals surface area contributed by atoms with Crippen LogP contribution in [0, 0.1) is 0 Å². The average Bonchev–Trinajstić information content (AvgIpc) is 2.77. The molecule has 0 aromatic heterocycles. The van der Waals surface area contributed by atoms with Crippen LogP contribution in [0.25, 0.3) is 0 Å². The molecule has 0 radical (unpaired) electrons. The molecule has 5 heteroatoms. The van der Waals surface area contributed by atoms with Crippen LogP contribution in [0.3, 0.4) is 0 Å². The zero-order chi connectivity index (χ0) is 12.0. The lowest BCUT2D eigenvalue weighted by Gasteiger charge is -2.24. The molecule has 96 valence electrons. The molecule has 1 aliphatic carbocycles. The van der Waals surface area contributed by atoms with E-state index in [9.17, 15) is 8.42 Å². The van der Waals surface area contributed by atoms with Crippen molar-refractivity contribution >= 4 is 26.0 Å². The van der Waals surface area contributed by atoms with E-state index in [0.717, 1.165) is 43.9 Å².